The third-order valence-electron chi connectivity index (χ3n) is 4.33. The Morgan fingerprint density at radius 3 is 2.81 bits per heavy atom. The number of para-hydroxylation sites is 1. The summed E-state index contributed by atoms with van der Waals surface area (Å²) < 4.78 is 5.71. The lowest BCUT2D eigenvalue weighted by atomic mass is 10.2. The zero-order chi connectivity index (χ0) is 18.6. The first-order valence-electron chi connectivity index (χ1n) is 8.79. The molecule has 3 heterocycles. The molecule has 3 N–H and O–H groups in total. The number of benzene rings is 1. The highest BCUT2D eigenvalue weighted by atomic mass is 32.1. The third kappa shape index (κ3) is 3.95. The smallest absolute Gasteiger partial charge is 0.260 e. The molecule has 0 spiro atoms. The van der Waals surface area contributed by atoms with Crippen molar-refractivity contribution in [2.75, 3.05) is 13.2 Å². The Bertz CT molecular complexity index is 1070. The molecule has 5 nitrogen and oxygen atoms in total. The van der Waals surface area contributed by atoms with Crippen LogP contribution in [0.3, 0.4) is 0 Å². The predicted octanol–water partition coefficient (Wildman–Crippen LogP) is 3.42. The Hall–Kier alpha value is -2.48. The molecule has 0 unspecified atom stereocenters. The number of nitrogens with one attached hydrogen (secondary N) is 1. The lowest BCUT2D eigenvalue weighted by molar-refractivity contribution is -0.694. The summed E-state index contributed by atoms with van der Waals surface area (Å²) in [6, 6.07) is 13.8. The molecule has 0 saturated carbocycles. The number of quaternary nitrogens is 1. The second kappa shape index (κ2) is 8.04. The lowest BCUT2D eigenvalue weighted by Gasteiger charge is -2.11. The molecule has 0 aliphatic heterocycles. The van der Waals surface area contributed by atoms with Crippen LogP contribution in [0.2, 0.25) is 0 Å². The van der Waals surface area contributed by atoms with Crippen LogP contribution in [0.15, 0.2) is 58.0 Å². The first-order chi connectivity index (χ1) is 13.2. The van der Waals surface area contributed by atoms with Gasteiger partial charge in [-0.25, -0.2) is 4.98 Å². The SMILES string of the molecule is C[C@H]([NH2+]CCOc1ccccc1)c1nc2scc(-c3cccs3)c2c(=O)[nH]1. The average molecular weight is 399 g/mol. The fourth-order valence-corrected chi connectivity index (χ4v) is 4.69. The second-order valence-corrected chi connectivity index (χ2v) is 8.04. The molecule has 27 heavy (non-hydrogen) atoms. The van der Waals surface area contributed by atoms with Crippen LogP contribution in [-0.2, 0) is 0 Å². The predicted molar refractivity (Wildman–Crippen MR) is 111 cm³/mol. The number of nitrogens with two attached hydrogens (primary N) is 1. The van der Waals surface area contributed by atoms with E-state index in [1.165, 1.54) is 11.3 Å². The van der Waals surface area contributed by atoms with Crippen LogP contribution in [0.5, 0.6) is 5.75 Å². The van der Waals surface area contributed by atoms with Gasteiger partial charge in [-0.3, -0.25) is 4.79 Å². The van der Waals surface area contributed by atoms with Crippen molar-refractivity contribution in [2.45, 2.75) is 13.0 Å². The lowest BCUT2D eigenvalue weighted by Crippen LogP contribution is -2.86. The fourth-order valence-electron chi connectivity index (χ4n) is 2.92. The zero-order valence-electron chi connectivity index (χ0n) is 14.8. The minimum absolute atomic E-state index is 0.0498. The van der Waals surface area contributed by atoms with Gasteiger partial charge in [0.15, 0.2) is 5.82 Å². The number of fused-ring (bicyclic) bond motifs is 1. The van der Waals surface area contributed by atoms with Crippen LogP contribution in [0, 0.1) is 0 Å². The van der Waals surface area contributed by atoms with E-state index < -0.39 is 0 Å². The monoisotopic (exact) mass is 398 g/mol. The van der Waals surface area contributed by atoms with Crippen LogP contribution in [0.1, 0.15) is 18.8 Å². The molecule has 0 aliphatic rings. The van der Waals surface area contributed by atoms with Crippen molar-refractivity contribution >= 4 is 32.9 Å². The van der Waals surface area contributed by atoms with Gasteiger partial charge in [0.25, 0.3) is 5.56 Å². The molecule has 3 aromatic heterocycles. The van der Waals surface area contributed by atoms with Gasteiger partial charge in [-0.15, -0.1) is 22.7 Å². The fraction of sp³-hybridized carbons (Fsp3) is 0.200. The largest absolute Gasteiger partial charge is 0.488 e. The van der Waals surface area contributed by atoms with Gasteiger partial charge in [-0.1, -0.05) is 24.3 Å². The summed E-state index contributed by atoms with van der Waals surface area (Å²) in [5.41, 5.74) is 0.902. The summed E-state index contributed by atoms with van der Waals surface area (Å²) in [5.74, 6) is 1.57. The van der Waals surface area contributed by atoms with Crippen molar-refractivity contribution in [3.05, 3.63) is 69.4 Å². The molecule has 0 radical (unpaired) electrons. The second-order valence-electron chi connectivity index (χ2n) is 6.23. The van der Waals surface area contributed by atoms with Crippen LogP contribution < -0.4 is 15.6 Å². The summed E-state index contributed by atoms with van der Waals surface area (Å²) in [7, 11) is 0. The van der Waals surface area contributed by atoms with Crippen LogP contribution in [0.25, 0.3) is 20.7 Å². The van der Waals surface area contributed by atoms with Crippen molar-refractivity contribution in [1.29, 1.82) is 0 Å². The topological polar surface area (TPSA) is 71.6 Å². The van der Waals surface area contributed by atoms with Gasteiger partial charge in [0.1, 0.15) is 29.8 Å². The third-order valence-corrected chi connectivity index (χ3v) is 6.11. The molecule has 138 valence electrons. The van der Waals surface area contributed by atoms with Crippen LogP contribution in [0.4, 0.5) is 0 Å². The maximum absolute atomic E-state index is 12.7. The van der Waals surface area contributed by atoms with E-state index in [1.54, 1.807) is 11.3 Å². The van der Waals surface area contributed by atoms with E-state index >= 15 is 0 Å². The van der Waals surface area contributed by atoms with Crippen LogP contribution >= 0.6 is 22.7 Å². The molecule has 1 atom stereocenters. The van der Waals surface area contributed by atoms with E-state index in [4.69, 9.17) is 9.72 Å². The molecule has 7 heteroatoms. The molecule has 0 amide bonds. The summed E-state index contributed by atoms with van der Waals surface area (Å²) in [4.78, 5) is 22.2. The highest BCUT2D eigenvalue weighted by molar-refractivity contribution is 7.18. The van der Waals surface area contributed by atoms with Gasteiger partial charge >= 0.3 is 0 Å². The van der Waals surface area contributed by atoms with Crippen molar-refractivity contribution in [3.63, 3.8) is 0 Å². The molecule has 0 saturated heterocycles. The van der Waals surface area contributed by atoms with E-state index in [2.05, 4.69) is 10.3 Å². The number of aromatic amines is 1. The zero-order valence-corrected chi connectivity index (χ0v) is 16.5. The standard InChI is InChI=1S/C20H19N3O2S2/c1-13(21-9-10-25-14-6-3-2-4-7-14)18-22-19(24)17-15(12-27-20(17)23-18)16-8-5-11-26-16/h2-8,11-13,21H,9-10H2,1H3,(H,22,23,24)/p+1/t13-/m0/s1. The van der Waals surface area contributed by atoms with E-state index in [1.807, 2.05) is 60.1 Å². The van der Waals surface area contributed by atoms with Crippen molar-refractivity contribution in [3.8, 4) is 16.2 Å². The van der Waals surface area contributed by atoms with Gasteiger partial charge in [-0.2, -0.15) is 0 Å². The van der Waals surface area contributed by atoms with E-state index in [0.717, 1.165) is 27.6 Å². The normalized spacial score (nSPS) is 12.3. The van der Waals surface area contributed by atoms with Crippen molar-refractivity contribution < 1.29 is 10.1 Å². The quantitative estimate of drug-likeness (QED) is 0.469. The maximum atomic E-state index is 12.7. The van der Waals surface area contributed by atoms with Gasteiger partial charge in [0, 0.05) is 15.8 Å². The molecular weight excluding hydrogens is 378 g/mol. The Morgan fingerprint density at radius 1 is 1.19 bits per heavy atom. The summed E-state index contributed by atoms with van der Waals surface area (Å²) in [6.45, 7) is 3.42. The van der Waals surface area contributed by atoms with Gasteiger partial charge < -0.3 is 15.0 Å². The summed E-state index contributed by atoms with van der Waals surface area (Å²) >= 11 is 3.15. The summed E-state index contributed by atoms with van der Waals surface area (Å²) in [6.07, 6.45) is 0. The highest BCUT2D eigenvalue weighted by Gasteiger charge is 2.17. The highest BCUT2D eigenvalue weighted by Crippen LogP contribution is 2.33. The summed E-state index contributed by atoms with van der Waals surface area (Å²) in [5, 5.41) is 6.85. The molecule has 4 rings (SSSR count). The molecule has 0 bridgehead atoms. The average Bonchev–Trinajstić information content (AvgIpc) is 3.35. The number of thiophene rings is 2. The Morgan fingerprint density at radius 2 is 2.04 bits per heavy atom. The minimum atomic E-state index is -0.0690. The molecule has 0 fully saturated rings. The number of H-pyrrole nitrogens is 1. The molecule has 0 aliphatic carbocycles. The van der Waals surface area contributed by atoms with Crippen molar-refractivity contribution in [1.82, 2.24) is 9.97 Å². The molecular formula is C20H20N3O2S2+. The van der Waals surface area contributed by atoms with Gasteiger partial charge in [0.05, 0.1) is 5.39 Å². The molecule has 1 aromatic carbocycles. The number of aromatic nitrogens is 2. The number of hydrogen-bond donors (Lipinski definition) is 2. The minimum Gasteiger partial charge on any atom is -0.488 e. The first-order valence-corrected chi connectivity index (χ1v) is 10.5. The van der Waals surface area contributed by atoms with E-state index in [9.17, 15) is 4.79 Å². The Labute approximate surface area is 164 Å². The number of nitrogens with zero attached hydrogens (tertiary/aromatic N) is 1. The Balaban J connectivity index is 1.45. The van der Waals surface area contributed by atoms with Gasteiger partial charge in [0.2, 0.25) is 0 Å². The van der Waals surface area contributed by atoms with Crippen LogP contribution in [-0.4, -0.2) is 23.1 Å². The Kier molecular flexibility index (Phi) is 5.33. The number of hydrogen-bond acceptors (Lipinski definition) is 5. The number of rotatable bonds is 7. The van der Waals surface area contributed by atoms with E-state index in [0.29, 0.717) is 17.8 Å². The molecule has 4 aromatic rings. The number of ether oxygens (including phenoxy) is 1. The van der Waals surface area contributed by atoms with E-state index in [-0.39, 0.29) is 11.6 Å². The van der Waals surface area contributed by atoms with Gasteiger partial charge in [-0.05, 0) is 30.5 Å². The van der Waals surface area contributed by atoms with Crippen molar-refractivity contribution in [2.24, 2.45) is 0 Å². The maximum Gasteiger partial charge on any atom is 0.260 e. The first kappa shape index (κ1) is 17.9.